The van der Waals surface area contributed by atoms with Crippen LogP contribution in [0, 0.1) is 6.92 Å². The molecule has 0 aliphatic carbocycles. The molecule has 4 heteroatoms. The molecule has 0 amide bonds. The molecule has 17 heavy (non-hydrogen) atoms. The third-order valence-corrected chi connectivity index (χ3v) is 2.80. The number of rotatable bonds is 3. The van der Waals surface area contributed by atoms with Crippen molar-refractivity contribution in [3.8, 4) is 5.69 Å². The number of para-hydroxylation sites is 1. The maximum Gasteiger partial charge on any atom is 0.313 e. The van der Waals surface area contributed by atoms with E-state index in [0.29, 0.717) is 5.82 Å². The third-order valence-electron chi connectivity index (χ3n) is 2.80. The smallest absolute Gasteiger partial charge is 0.313 e. The second-order valence-corrected chi connectivity index (χ2v) is 4.00. The first-order valence-corrected chi connectivity index (χ1v) is 5.43. The predicted molar refractivity (Wildman–Crippen MR) is 64.4 cm³/mol. The number of aliphatic carboxylic acids is 1. The van der Waals surface area contributed by atoms with Gasteiger partial charge < -0.3 is 9.67 Å². The lowest BCUT2D eigenvalue weighted by atomic mass is 10.1. The molecule has 1 heterocycles. The van der Waals surface area contributed by atoms with Gasteiger partial charge in [0.15, 0.2) is 0 Å². The summed E-state index contributed by atoms with van der Waals surface area (Å²) in [5.41, 5.74) is 2.05. The number of hydrogen-bond acceptors (Lipinski definition) is 2. The molecule has 0 spiro atoms. The van der Waals surface area contributed by atoms with Crippen LogP contribution in [0.25, 0.3) is 5.69 Å². The Kier molecular flexibility index (Phi) is 2.95. The Labute approximate surface area is 99.5 Å². The van der Waals surface area contributed by atoms with Crippen molar-refractivity contribution in [2.45, 2.75) is 19.8 Å². The first-order valence-electron chi connectivity index (χ1n) is 5.43. The van der Waals surface area contributed by atoms with E-state index in [4.69, 9.17) is 5.11 Å². The number of carboxylic acid groups (broad SMARTS) is 1. The number of nitrogens with zero attached hydrogens (tertiary/aromatic N) is 2. The lowest BCUT2D eigenvalue weighted by Crippen LogP contribution is -2.13. The van der Waals surface area contributed by atoms with Crippen molar-refractivity contribution >= 4 is 5.97 Å². The molecule has 0 aliphatic heterocycles. The van der Waals surface area contributed by atoms with Gasteiger partial charge in [-0.05, 0) is 25.5 Å². The van der Waals surface area contributed by atoms with Crippen LogP contribution < -0.4 is 0 Å². The van der Waals surface area contributed by atoms with Crippen molar-refractivity contribution in [2.75, 3.05) is 0 Å². The van der Waals surface area contributed by atoms with Gasteiger partial charge in [0, 0.05) is 18.1 Å². The third kappa shape index (κ3) is 2.06. The Morgan fingerprint density at radius 3 is 2.76 bits per heavy atom. The Morgan fingerprint density at radius 2 is 2.12 bits per heavy atom. The molecule has 1 aromatic heterocycles. The van der Waals surface area contributed by atoms with Gasteiger partial charge in [0.25, 0.3) is 0 Å². The van der Waals surface area contributed by atoms with Crippen LogP contribution in [0.5, 0.6) is 0 Å². The van der Waals surface area contributed by atoms with E-state index in [9.17, 15) is 4.79 Å². The van der Waals surface area contributed by atoms with Crippen molar-refractivity contribution in [1.29, 1.82) is 0 Å². The zero-order valence-corrected chi connectivity index (χ0v) is 9.79. The van der Waals surface area contributed by atoms with Crippen molar-refractivity contribution in [3.63, 3.8) is 0 Å². The minimum Gasteiger partial charge on any atom is -0.481 e. The van der Waals surface area contributed by atoms with Crippen LogP contribution in [0.3, 0.4) is 0 Å². The average molecular weight is 230 g/mol. The molecule has 2 rings (SSSR count). The highest BCUT2D eigenvalue weighted by Crippen LogP contribution is 2.20. The Balaban J connectivity index is 2.51. The zero-order chi connectivity index (χ0) is 12.4. The number of benzene rings is 1. The minimum atomic E-state index is -0.869. The van der Waals surface area contributed by atoms with E-state index >= 15 is 0 Å². The van der Waals surface area contributed by atoms with Gasteiger partial charge >= 0.3 is 5.97 Å². The summed E-state index contributed by atoms with van der Waals surface area (Å²) in [6, 6.07) is 7.83. The molecule has 0 bridgehead atoms. The summed E-state index contributed by atoms with van der Waals surface area (Å²) in [7, 11) is 0. The number of hydrogen-bond donors (Lipinski definition) is 1. The molecule has 0 aliphatic rings. The normalized spacial score (nSPS) is 12.4. The van der Waals surface area contributed by atoms with Gasteiger partial charge in [-0.25, -0.2) is 4.98 Å². The van der Waals surface area contributed by atoms with E-state index < -0.39 is 11.9 Å². The molecular formula is C13H14N2O2. The van der Waals surface area contributed by atoms with Gasteiger partial charge in [0.2, 0.25) is 0 Å². The van der Waals surface area contributed by atoms with Crippen LogP contribution in [-0.2, 0) is 4.79 Å². The highest BCUT2D eigenvalue weighted by atomic mass is 16.4. The van der Waals surface area contributed by atoms with Crippen molar-refractivity contribution in [2.24, 2.45) is 0 Å². The first-order chi connectivity index (χ1) is 8.11. The van der Waals surface area contributed by atoms with Crippen LogP contribution in [0.2, 0.25) is 0 Å². The fourth-order valence-corrected chi connectivity index (χ4v) is 1.78. The largest absolute Gasteiger partial charge is 0.481 e. The van der Waals surface area contributed by atoms with Gasteiger partial charge in [-0.2, -0.15) is 0 Å². The standard InChI is InChI=1S/C13H14N2O2/c1-9-5-3-4-6-11(9)15-8-7-14-12(15)10(2)13(16)17/h3-8,10H,1-2H3,(H,16,17). The molecule has 88 valence electrons. The molecular weight excluding hydrogens is 216 g/mol. The van der Waals surface area contributed by atoms with Gasteiger partial charge in [-0.15, -0.1) is 0 Å². The maximum absolute atomic E-state index is 11.0. The lowest BCUT2D eigenvalue weighted by Gasteiger charge is -2.12. The van der Waals surface area contributed by atoms with Crippen molar-refractivity contribution < 1.29 is 9.90 Å². The summed E-state index contributed by atoms with van der Waals surface area (Å²) in [5.74, 6) is -0.942. The maximum atomic E-state index is 11.0. The fraction of sp³-hybridized carbons (Fsp3) is 0.231. The summed E-state index contributed by atoms with van der Waals surface area (Å²) in [6.45, 7) is 3.63. The zero-order valence-electron chi connectivity index (χ0n) is 9.79. The number of carboxylic acids is 1. The lowest BCUT2D eigenvalue weighted by molar-refractivity contribution is -0.138. The van der Waals surface area contributed by atoms with E-state index in [1.165, 1.54) is 0 Å². The molecule has 1 atom stereocenters. The second-order valence-electron chi connectivity index (χ2n) is 4.00. The molecule has 4 nitrogen and oxygen atoms in total. The van der Waals surface area contributed by atoms with Crippen molar-refractivity contribution in [1.82, 2.24) is 9.55 Å². The average Bonchev–Trinajstić information content (AvgIpc) is 2.77. The molecule has 2 aromatic rings. The van der Waals surface area contributed by atoms with Crippen LogP contribution in [-0.4, -0.2) is 20.6 Å². The van der Waals surface area contributed by atoms with Gasteiger partial charge in [0.1, 0.15) is 11.7 Å². The monoisotopic (exact) mass is 230 g/mol. The van der Waals surface area contributed by atoms with Crippen LogP contribution in [0.4, 0.5) is 0 Å². The number of aryl methyl sites for hydroxylation is 1. The summed E-state index contributed by atoms with van der Waals surface area (Å²) in [5, 5.41) is 9.04. The predicted octanol–water partition coefficient (Wildman–Crippen LogP) is 2.37. The highest BCUT2D eigenvalue weighted by molar-refractivity contribution is 5.74. The van der Waals surface area contributed by atoms with Crippen LogP contribution in [0.1, 0.15) is 24.2 Å². The second kappa shape index (κ2) is 4.41. The van der Waals surface area contributed by atoms with Crippen LogP contribution in [0.15, 0.2) is 36.7 Å². The van der Waals surface area contributed by atoms with E-state index in [2.05, 4.69) is 4.98 Å². The van der Waals surface area contributed by atoms with Crippen molar-refractivity contribution in [3.05, 3.63) is 48.0 Å². The molecule has 0 saturated heterocycles. The van der Waals surface area contributed by atoms with E-state index in [1.807, 2.05) is 35.8 Å². The highest BCUT2D eigenvalue weighted by Gasteiger charge is 2.20. The topological polar surface area (TPSA) is 55.1 Å². The molecule has 0 saturated carbocycles. The number of carbonyl (C=O) groups is 1. The first kappa shape index (κ1) is 11.4. The molecule has 0 fully saturated rings. The fourth-order valence-electron chi connectivity index (χ4n) is 1.78. The Hall–Kier alpha value is -2.10. The number of imidazole rings is 1. The van der Waals surface area contributed by atoms with E-state index in [0.717, 1.165) is 11.3 Å². The summed E-state index contributed by atoms with van der Waals surface area (Å²) in [6.07, 6.45) is 3.42. The van der Waals surface area contributed by atoms with E-state index in [-0.39, 0.29) is 0 Å². The Morgan fingerprint density at radius 1 is 1.41 bits per heavy atom. The van der Waals surface area contributed by atoms with Crippen LogP contribution >= 0.6 is 0 Å². The summed E-state index contributed by atoms with van der Waals surface area (Å²) >= 11 is 0. The van der Waals surface area contributed by atoms with Gasteiger partial charge in [-0.1, -0.05) is 18.2 Å². The minimum absolute atomic E-state index is 0.548. The summed E-state index contributed by atoms with van der Waals surface area (Å²) in [4.78, 5) is 15.1. The Bertz CT molecular complexity index is 546. The molecule has 1 N–H and O–H groups in total. The van der Waals surface area contributed by atoms with Gasteiger partial charge in [0.05, 0.1) is 0 Å². The SMILES string of the molecule is Cc1ccccc1-n1ccnc1C(C)C(=O)O. The van der Waals surface area contributed by atoms with Gasteiger partial charge in [-0.3, -0.25) is 4.79 Å². The molecule has 0 radical (unpaired) electrons. The van der Waals surface area contributed by atoms with E-state index in [1.54, 1.807) is 19.3 Å². The summed E-state index contributed by atoms with van der Waals surface area (Å²) < 4.78 is 1.83. The quantitative estimate of drug-likeness (QED) is 0.880. The number of aromatic nitrogens is 2. The molecule has 1 unspecified atom stereocenters. The molecule has 1 aromatic carbocycles.